The molecule has 1 aromatic rings. The lowest BCUT2D eigenvalue weighted by Gasteiger charge is -2.27. The first-order valence-electron chi connectivity index (χ1n) is 8.65. The Balaban J connectivity index is 1.89. The maximum atomic E-state index is 13.6. The van der Waals surface area contributed by atoms with Gasteiger partial charge in [-0.1, -0.05) is 12.1 Å². The van der Waals surface area contributed by atoms with Gasteiger partial charge >= 0.3 is 0 Å². The van der Waals surface area contributed by atoms with Gasteiger partial charge in [0, 0.05) is 19.6 Å². The number of likely N-dealkylation sites (tertiary alicyclic amines) is 1. The van der Waals surface area contributed by atoms with Crippen LogP contribution in [0, 0.1) is 12.7 Å². The van der Waals surface area contributed by atoms with Crippen molar-refractivity contribution in [1.29, 1.82) is 0 Å². The molecule has 1 fully saturated rings. The molecule has 24 heavy (non-hydrogen) atoms. The van der Waals surface area contributed by atoms with E-state index in [-0.39, 0.29) is 18.3 Å². The number of guanidine groups is 1. The number of aliphatic imine (C=N–C) groups is 1. The molecule has 2 rings (SSSR count). The molecule has 1 aliphatic heterocycles. The Morgan fingerprint density at radius 3 is 2.67 bits per heavy atom. The second-order valence-corrected chi connectivity index (χ2v) is 6.07. The second-order valence-electron chi connectivity index (χ2n) is 6.07. The van der Waals surface area contributed by atoms with Crippen LogP contribution in [0.1, 0.15) is 37.3 Å². The zero-order valence-corrected chi connectivity index (χ0v) is 14.6. The predicted octanol–water partition coefficient (Wildman–Crippen LogP) is 2.20. The van der Waals surface area contributed by atoms with Crippen molar-refractivity contribution in [3.05, 3.63) is 35.1 Å². The van der Waals surface area contributed by atoms with Crippen LogP contribution in [0.25, 0.3) is 0 Å². The summed E-state index contributed by atoms with van der Waals surface area (Å²) in [5.41, 5.74) is 1.43. The van der Waals surface area contributed by atoms with Crippen LogP contribution in [0.5, 0.6) is 0 Å². The average molecular weight is 334 g/mol. The van der Waals surface area contributed by atoms with Crippen molar-refractivity contribution in [3.63, 3.8) is 0 Å². The number of amides is 1. The molecule has 132 valence electrons. The summed E-state index contributed by atoms with van der Waals surface area (Å²) < 4.78 is 13.6. The maximum Gasteiger partial charge on any atom is 0.241 e. The highest BCUT2D eigenvalue weighted by Crippen LogP contribution is 2.10. The number of carbonyl (C=O) groups excluding carboxylic acids is 1. The van der Waals surface area contributed by atoms with Crippen LogP contribution in [-0.4, -0.2) is 42.9 Å². The van der Waals surface area contributed by atoms with Gasteiger partial charge in [0.25, 0.3) is 0 Å². The summed E-state index contributed by atoms with van der Waals surface area (Å²) in [6.45, 7) is 6.69. The lowest BCUT2D eigenvalue weighted by Crippen LogP contribution is -2.46. The maximum absolute atomic E-state index is 13.6. The fourth-order valence-electron chi connectivity index (χ4n) is 2.66. The lowest BCUT2D eigenvalue weighted by molar-refractivity contribution is -0.130. The van der Waals surface area contributed by atoms with Crippen molar-refractivity contribution in [3.8, 4) is 0 Å². The van der Waals surface area contributed by atoms with Gasteiger partial charge in [-0.05, 0) is 50.3 Å². The van der Waals surface area contributed by atoms with Gasteiger partial charge in [-0.2, -0.15) is 0 Å². The molecule has 0 aromatic heterocycles. The number of aryl methyl sites for hydroxylation is 1. The number of carbonyl (C=O) groups is 1. The number of halogens is 1. The minimum Gasteiger partial charge on any atom is -0.357 e. The van der Waals surface area contributed by atoms with Gasteiger partial charge in [0.1, 0.15) is 5.82 Å². The van der Waals surface area contributed by atoms with E-state index in [0.29, 0.717) is 24.6 Å². The number of hydrogen-bond acceptors (Lipinski definition) is 2. The van der Waals surface area contributed by atoms with Gasteiger partial charge in [0.05, 0.1) is 13.1 Å². The smallest absolute Gasteiger partial charge is 0.241 e. The molecule has 0 radical (unpaired) electrons. The molecule has 0 aliphatic carbocycles. The van der Waals surface area contributed by atoms with Gasteiger partial charge < -0.3 is 15.5 Å². The summed E-state index contributed by atoms with van der Waals surface area (Å²) in [5, 5.41) is 6.18. The monoisotopic (exact) mass is 334 g/mol. The van der Waals surface area contributed by atoms with Crippen molar-refractivity contribution in [2.24, 2.45) is 4.99 Å². The number of nitrogens with zero attached hydrogens (tertiary/aromatic N) is 2. The number of nitrogens with one attached hydrogen (secondary N) is 2. The molecule has 1 heterocycles. The van der Waals surface area contributed by atoms with Crippen molar-refractivity contribution < 1.29 is 9.18 Å². The minimum atomic E-state index is -0.221. The summed E-state index contributed by atoms with van der Waals surface area (Å²) in [7, 11) is 0. The topological polar surface area (TPSA) is 56.7 Å². The summed E-state index contributed by atoms with van der Waals surface area (Å²) in [4.78, 5) is 18.5. The van der Waals surface area contributed by atoms with Crippen molar-refractivity contribution in [2.45, 2.75) is 39.7 Å². The molecule has 2 N–H and O–H groups in total. The summed E-state index contributed by atoms with van der Waals surface area (Å²) in [6.07, 6.45) is 3.37. The van der Waals surface area contributed by atoms with Gasteiger partial charge in [-0.25, -0.2) is 9.38 Å². The Bertz CT molecular complexity index is 582. The van der Waals surface area contributed by atoms with Crippen molar-refractivity contribution in [1.82, 2.24) is 15.5 Å². The van der Waals surface area contributed by atoms with E-state index < -0.39 is 0 Å². The number of rotatable bonds is 5. The van der Waals surface area contributed by atoms with Gasteiger partial charge in [0.2, 0.25) is 5.91 Å². The third kappa shape index (κ3) is 5.51. The standard InChI is InChI=1S/C18H27FN4O/c1-3-20-18(21-12-15-8-7-14(2)16(19)11-15)22-13-17(24)23-9-5-4-6-10-23/h7-8,11H,3-6,9-10,12-13H2,1-2H3,(H2,20,21,22). The first kappa shape index (κ1) is 18.2. The zero-order valence-electron chi connectivity index (χ0n) is 14.6. The van der Waals surface area contributed by atoms with E-state index in [1.54, 1.807) is 13.0 Å². The molecule has 6 heteroatoms. The first-order chi connectivity index (χ1) is 11.6. The fraction of sp³-hybridized carbons (Fsp3) is 0.556. The summed E-state index contributed by atoms with van der Waals surface area (Å²) in [6, 6.07) is 5.12. The molecule has 1 aromatic carbocycles. The van der Waals surface area contributed by atoms with Crippen LogP contribution < -0.4 is 10.6 Å². The van der Waals surface area contributed by atoms with E-state index >= 15 is 0 Å². The van der Waals surface area contributed by atoms with E-state index in [4.69, 9.17) is 0 Å². The van der Waals surface area contributed by atoms with E-state index in [2.05, 4.69) is 15.6 Å². The second kappa shape index (κ2) is 9.25. The third-order valence-electron chi connectivity index (χ3n) is 4.12. The molecule has 0 spiro atoms. The Morgan fingerprint density at radius 2 is 2.00 bits per heavy atom. The average Bonchev–Trinajstić information content (AvgIpc) is 2.60. The minimum absolute atomic E-state index is 0.0988. The van der Waals surface area contributed by atoms with Crippen LogP contribution >= 0.6 is 0 Å². The Hall–Kier alpha value is -2.11. The predicted molar refractivity (Wildman–Crippen MR) is 94.4 cm³/mol. The first-order valence-corrected chi connectivity index (χ1v) is 8.65. The molecule has 0 saturated carbocycles. The molecular weight excluding hydrogens is 307 g/mol. The largest absolute Gasteiger partial charge is 0.357 e. The molecule has 5 nitrogen and oxygen atoms in total. The Morgan fingerprint density at radius 1 is 1.25 bits per heavy atom. The molecule has 1 saturated heterocycles. The van der Waals surface area contributed by atoms with Crippen LogP contribution in [0.2, 0.25) is 0 Å². The summed E-state index contributed by atoms with van der Waals surface area (Å²) >= 11 is 0. The zero-order chi connectivity index (χ0) is 17.4. The molecule has 0 bridgehead atoms. The molecule has 0 atom stereocenters. The van der Waals surface area contributed by atoms with Crippen LogP contribution in [0.3, 0.4) is 0 Å². The highest BCUT2D eigenvalue weighted by atomic mass is 19.1. The summed E-state index contributed by atoms with van der Waals surface area (Å²) in [5.74, 6) is 0.450. The van der Waals surface area contributed by atoms with Gasteiger partial charge in [-0.3, -0.25) is 4.79 Å². The molecule has 1 amide bonds. The van der Waals surface area contributed by atoms with Crippen LogP contribution in [0.4, 0.5) is 4.39 Å². The van der Waals surface area contributed by atoms with Crippen molar-refractivity contribution >= 4 is 11.9 Å². The van der Waals surface area contributed by atoms with Gasteiger partial charge in [0.15, 0.2) is 5.96 Å². The van der Waals surface area contributed by atoms with E-state index in [1.807, 2.05) is 17.9 Å². The normalized spacial score (nSPS) is 15.3. The highest BCUT2D eigenvalue weighted by Gasteiger charge is 2.16. The van der Waals surface area contributed by atoms with Crippen LogP contribution in [-0.2, 0) is 11.3 Å². The Labute approximate surface area is 143 Å². The Kier molecular flexibility index (Phi) is 7.03. The molecule has 0 unspecified atom stereocenters. The van der Waals surface area contributed by atoms with Gasteiger partial charge in [-0.15, -0.1) is 0 Å². The lowest BCUT2D eigenvalue weighted by atomic mass is 10.1. The SMILES string of the molecule is CCNC(=NCc1ccc(C)c(F)c1)NCC(=O)N1CCCCC1. The fourth-order valence-corrected chi connectivity index (χ4v) is 2.66. The van der Waals surface area contributed by atoms with Crippen LogP contribution in [0.15, 0.2) is 23.2 Å². The molecular formula is C18H27FN4O. The quantitative estimate of drug-likeness (QED) is 0.641. The number of piperidine rings is 1. The van der Waals surface area contributed by atoms with Crippen molar-refractivity contribution in [2.75, 3.05) is 26.2 Å². The highest BCUT2D eigenvalue weighted by molar-refractivity contribution is 5.86. The number of benzene rings is 1. The number of hydrogen-bond donors (Lipinski definition) is 2. The van der Waals surface area contributed by atoms with E-state index in [1.165, 1.54) is 12.5 Å². The van der Waals surface area contributed by atoms with E-state index in [0.717, 1.165) is 31.5 Å². The third-order valence-corrected chi connectivity index (χ3v) is 4.12. The molecule has 1 aliphatic rings. The van der Waals surface area contributed by atoms with E-state index in [9.17, 15) is 9.18 Å².